The first-order chi connectivity index (χ1) is 7.95. The van der Waals surface area contributed by atoms with Gasteiger partial charge in [0.2, 0.25) is 0 Å². The van der Waals surface area contributed by atoms with Crippen LogP contribution in [0.5, 0.6) is 0 Å². The van der Waals surface area contributed by atoms with Crippen molar-refractivity contribution in [1.29, 1.82) is 0 Å². The molecule has 1 rings (SSSR count). The molecule has 0 atom stereocenters. The molecule has 0 bridgehead atoms. The maximum Gasteiger partial charge on any atom is 0.267 e. The summed E-state index contributed by atoms with van der Waals surface area (Å²) in [6, 6.07) is 0.275. The first-order valence-electron chi connectivity index (χ1n) is 5.74. The van der Waals surface area contributed by atoms with Crippen molar-refractivity contribution in [3.8, 4) is 0 Å². The number of thiazole rings is 1. The summed E-state index contributed by atoms with van der Waals surface area (Å²) in [6.45, 7) is 6.79. The highest BCUT2D eigenvalue weighted by molar-refractivity contribution is 7.18. The molecule has 1 aromatic rings. The Balaban J connectivity index is 2.83. The standard InChI is InChI=1S/C11H20N4OS/c1-5-6-15(4)10(16)8-9(12)14-11(17-8)13-7(2)3/h7H,5-6,12H2,1-4H3,(H,13,14). The van der Waals surface area contributed by atoms with Crippen LogP contribution in [0.3, 0.4) is 0 Å². The predicted molar refractivity (Wildman–Crippen MR) is 72.5 cm³/mol. The molecule has 0 aliphatic heterocycles. The fraction of sp³-hybridized carbons (Fsp3) is 0.636. The third-order valence-electron chi connectivity index (χ3n) is 2.17. The zero-order chi connectivity index (χ0) is 13.0. The second-order valence-corrected chi connectivity index (χ2v) is 5.26. The van der Waals surface area contributed by atoms with Crippen molar-refractivity contribution in [3.05, 3.63) is 4.88 Å². The summed E-state index contributed by atoms with van der Waals surface area (Å²) < 4.78 is 0. The molecular formula is C11H20N4OS. The van der Waals surface area contributed by atoms with Crippen molar-refractivity contribution in [1.82, 2.24) is 9.88 Å². The average Bonchev–Trinajstić information content (AvgIpc) is 2.57. The molecule has 17 heavy (non-hydrogen) atoms. The minimum Gasteiger partial charge on any atom is -0.382 e. The summed E-state index contributed by atoms with van der Waals surface area (Å²) in [5.41, 5.74) is 5.76. The second-order valence-electron chi connectivity index (χ2n) is 4.26. The number of carbonyl (C=O) groups excluding carboxylic acids is 1. The van der Waals surface area contributed by atoms with Gasteiger partial charge in [-0.3, -0.25) is 4.79 Å². The molecule has 0 spiro atoms. The van der Waals surface area contributed by atoms with Gasteiger partial charge in [-0.2, -0.15) is 0 Å². The Kier molecular flexibility index (Phi) is 4.74. The highest BCUT2D eigenvalue weighted by Gasteiger charge is 2.19. The van der Waals surface area contributed by atoms with E-state index < -0.39 is 0 Å². The highest BCUT2D eigenvalue weighted by atomic mass is 32.1. The van der Waals surface area contributed by atoms with Crippen LogP contribution < -0.4 is 11.1 Å². The Morgan fingerprint density at radius 1 is 1.59 bits per heavy atom. The third-order valence-corrected chi connectivity index (χ3v) is 3.16. The largest absolute Gasteiger partial charge is 0.382 e. The summed E-state index contributed by atoms with van der Waals surface area (Å²) in [5.74, 6) is 0.254. The lowest BCUT2D eigenvalue weighted by Gasteiger charge is -2.14. The van der Waals surface area contributed by atoms with Crippen molar-refractivity contribution in [2.24, 2.45) is 0 Å². The van der Waals surface area contributed by atoms with Crippen LogP contribution in [0.25, 0.3) is 0 Å². The molecule has 0 saturated heterocycles. The van der Waals surface area contributed by atoms with Crippen molar-refractivity contribution < 1.29 is 4.79 Å². The zero-order valence-corrected chi connectivity index (χ0v) is 11.6. The summed E-state index contributed by atoms with van der Waals surface area (Å²) in [6.07, 6.45) is 0.929. The van der Waals surface area contributed by atoms with Gasteiger partial charge in [0.15, 0.2) is 5.13 Å². The van der Waals surface area contributed by atoms with E-state index in [1.54, 1.807) is 11.9 Å². The Bertz CT molecular complexity index is 389. The molecule has 1 amide bonds. The van der Waals surface area contributed by atoms with E-state index in [-0.39, 0.29) is 11.9 Å². The van der Waals surface area contributed by atoms with E-state index >= 15 is 0 Å². The van der Waals surface area contributed by atoms with Crippen LogP contribution in [-0.4, -0.2) is 35.4 Å². The molecule has 6 heteroatoms. The summed E-state index contributed by atoms with van der Waals surface area (Å²) in [7, 11) is 1.78. The Morgan fingerprint density at radius 3 is 2.76 bits per heavy atom. The quantitative estimate of drug-likeness (QED) is 0.845. The van der Waals surface area contributed by atoms with Crippen LogP contribution >= 0.6 is 11.3 Å². The van der Waals surface area contributed by atoms with Crippen LogP contribution in [0.15, 0.2) is 0 Å². The van der Waals surface area contributed by atoms with Gasteiger partial charge < -0.3 is 16.0 Å². The number of hydrogen-bond donors (Lipinski definition) is 2. The molecule has 5 nitrogen and oxygen atoms in total. The Labute approximate surface area is 106 Å². The van der Waals surface area contributed by atoms with Crippen LogP contribution in [0.2, 0.25) is 0 Å². The van der Waals surface area contributed by atoms with Gasteiger partial charge in [-0.1, -0.05) is 18.3 Å². The topological polar surface area (TPSA) is 71.2 Å². The van der Waals surface area contributed by atoms with E-state index in [2.05, 4.69) is 10.3 Å². The maximum absolute atomic E-state index is 12.0. The summed E-state index contributed by atoms with van der Waals surface area (Å²) in [5, 5.41) is 3.85. The van der Waals surface area contributed by atoms with Crippen molar-refractivity contribution in [2.45, 2.75) is 33.2 Å². The third kappa shape index (κ3) is 3.59. The number of nitrogens with one attached hydrogen (secondary N) is 1. The number of aromatic nitrogens is 1. The van der Waals surface area contributed by atoms with E-state index in [4.69, 9.17) is 5.73 Å². The van der Waals surface area contributed by atoms with Crippen LogP contribution in [0.4, 0.5) is 10.9 Å². The molecule has 0 fully saturated rings. The number of hydrogen-bond acceptors (Lipinski definition) is 5. The lowest BCUT2D eigenvalue weighted by molar-refractivity contribution is 0.0800. The molecule has 3 N–H and O–H groups in total. The molecule has 1 heterocycles. The Hall–Kier alpha value is -1.30. The molecule has 0 unspecified atom stereocenters. The number of nitrogens with zero attached hydrogens (tertiary/aromatic N) is 2. The van der Waals surface area contributed by atoms with Gasteiger partial charge in [0.25, 0.3) is 5.91 Å². The van der Waals surface area contributed by atoms with Crippen molar-refractivity contribution >= 4 is 28.2 Å². The fourth-order valence-electron chi connectivity index (χ4n) is 1.40. The van der Waals surface area contributed by atoms with Gasteiger partial charge in [0.05, 0.1) is 0 Å². The van der Waals surface area contributed by atoms with Gasteiger partial charge >= 0.3 is 0 Å². The maximum atomic E-state index is 12.0. The zero-order valence-electron chi connectivity index (χ0n) is 10.8. The SMILES string of the molecule is CCCN(C)C(=O)c1sc(NC(C)C)nc1N. The number of carbonyl (C=O) groups is 1. The number of rotatable bonds is 5. The van der Waals surface area contributed by atoms with Crippen molar-refractivity contribution in [2.75, 3.05) is 24.6 Å². The van der Waals surface area contributed by atoms with Gasteiger partial charge in [0.1, 0.15) is 10.7 Å². The minimum atomic E-state index is -0.0568. The van der Waals surface area contributed by atoms with E-state index in [1.165, 1.54) is 11.3 Å². The summed E-state index contributed by atoms with van der Waals surface area (Å²) >= 11 is 1.31. The van der Waals surface area contributed by atoms with E-state index in [0.29, 0.717) is 15.8 Å². The van der Waals surface area contributed by atoms with Gasteiger partial charge in [-0.25, -0.2) is 4.98 Å². The molecule has 1 aromatic heterocycles. The number of amides is 1. The first kappa shape index (κ1) is 13.8. The van der Waals surface area contributed by atoms with Gasteiger partial charge in [-0.05, 0) is 20.3 Å². The van der Waals surface area contributed by atoms with Crippen molar-refractivity contribution in [3.63, 3.8) is 0 Å². The average molecular weight is 256 g/mol. The molecular weight excluding hydrogens is 236 g/mol. The van der Waals surface area contributed by atoms with E-state index in [0.717, 1.165) is 13.0 Å². The molecule has 0 radical (unpaired) electrons. The molecule has 0 aromatic carbocycles. The second kappa shape index (κ2) is 5.86. The van der Waals surface area contributed by atoms with E-state index in [9.17, 15) is 4.79 Å². The lowest BCUT2D eigenvalue weighted by atomic mass is 10.4. The predicted octanol–water partition coefficient (Wildman–Crippen LogP) is 2.03. The number of nitrogen functional groups attached to an aromatic ring is 1. The fourth-order valence-corrected chi connectivity index (χ4v) is 2.43. The highest BCUT2D eigenvalue weighted by Crippen LogP contribution is 2.26. The number of anilines is 2. The smallest absolute Gasteiger partial charge is 0.267 e. The number of nitrogens with two attached hydrogens (primary N) is 1. The van der Waals surface area contributed by atoms with Crippen LogP contribution in [0, 0.1) is 0 Å². The molecule has 0 saturated carbocycles. The molecule has 96 valence electrons. The van der Waals surface area contributed by atoms with E-state index in [1.807, 2.05) is 20.8 Å². The van der Waals surface area contributed by atoms with Crippen LogP contribution in [0.1, 0.15) is 36.9 Å². The summed E-state index contributed by atoms with van der Waals surface area (Å²) in [4.78, 5) is 18.4. The first-order valence-corrected chi connectivity index (χ1v) is 6.55. The lowest BCUT2D eigenvalue weighted by Crippen LogP contribution is -2.27. The normalized spacial score (nSPS) is 10.6. The minimum absolute atomic E-state index is 0.0568. The monoisotopic (exact) mass is 256 g/mol. The molecule has 0 aliphatic rings. The van der Waals surface area contributed by atoms with Crippen LogP contribution in [-0.2, 0) is 0 Å². The molecule has 0 aliphatic carbocycles. The van der Waals surface area contributed by atoms with Gasteiger partial charge in [-0.15, -0.1) is 0 Å². The van der Waals surface area contributed by atoms with Gasteiger partial charge in [0, 0.05) is 19.6 Å². The Morgan fingerprint density at radius 2 is 2.24 bits per heavy atom.